The quantitative estimate of drug-likeness (QED) is 0.784. The lowest BCUT2D eigenvalue weighted by Gasteiger charge is -2.12. The van der Waals surface area contributed by atoms with E-state index in [0.717, 1.165) is 22.0 Å². The fourth-order valence-electron chi connectivity index (χ4n) is 1.72. The van der Waals surface area contributed by atoms with E-state index in [0.29, 0.717) is 0 Å². The molecular formula is C15H16ClN. The molecule has 0 fully saturated rings. The lowest BCUT2D eigenvalue weighted by atomic mass is 10.1. The number of rotatable bonds is 2. The average molecular weight is 246 g/mol. The number of aryl methyl sites for hydroxylation is 2. The van der Waals surface area contributed by atoms with Crippen LogP contribution in [0.15, 0.2) is 36.4 Å². The molecule has 0 aliphatic heterocycles. The summed E-state index contributed by atoms with van der Waals surface area (Å²) in [4.78, 5) is 0. The second-order valence-electron chi connectivity index (χ2n) is 4.34. The molecule has 0 saturated heterocycles. The van der Waals surface area contributed by atoms with E-state index in [4.69, 9.17) is 11.6 Å². The Balaban J connectivity index is 2.31. The Morgan fingerprint density at radius 2 is 1.71 bits per heavy atom. The molecular weight excluding hydrogens is 230 g/mol. The zero-order valence-electron chi connectivity index (χ0n) is 10.3. The van der Waals surface area contributed by atoms with E-state index in [9.17, 15) is 0 Å². The summed E-state index contributed by atoms with van der Waals surface area (Å²) < 4.78 is 0. The summed E-state index contributed by atoms with van der Waals surface area (Å²) in [7, 11) is 0. The number of nitrogens with one attached hydrogen (secondary N) is 1. The van der Waals surface area contributed by atoms with Gasteiger partial charge in [0.05, 0.1) is 0 Å². The molecule has 1 N–H and O–H groups in total. The number of halogens is 1. The summed E-state index contributed by atoms with van der Waals surface area (Å²) in [6.45, 7) is 6.25. The van der Waals surface area contributed by atoms with Gasteiger partial charge in [0.25, 0.3) is 0 Å². The lowest BCUT2D eigenvalue weighted by Crippen LogP contribution is -1.94. The molecule has 0 aromatic heterocycles. The van der Waals surface area contributed by atoms with Gasteiger partial charge in [0.2, 0.25) is 0 Å². The molecule has 88 valence electrons. The predicted molar refractivity (Wildman–Crippen MR) is 75.4 cm³/mol. The van der Waals surface area contributed by atoms with Crippen molar-refractivity contribution < 1.29 is 0 Å². The van der Waals surface area contributed by atoms with Crippen molar-refractivity contribution in [1.82, 2.24) is 0 Å². The molecule has 0 atom stereocenters. The van der Waals surface area contributed by atoms with Gasteiger partial charge in [-0.2, -0.15) is 0 Å². The Hall–Kier alpha value is -1.47. The molecule has 0 amide bonds. The Morgan fingerprint density at radius 3 is 2.41 bits per heavy atom. The van der Waals surface area contributed by atoms with E-state index in [2.05, 4.69) is 37.4 Å². The van der Waals surface area contributed by atoms with Gasteiger partial charge in [0, 0.05) is 16.4 Å². The highest BCUT2D eigenvalue weighted by Gasteiger charge is 2.02. The van der Waals surface area contributed by atoms with E-state index in [-0.39, 0.29) is 0 Å². The predicted octanol–water partition coefficient (Wildman–Crippen LogP) is 5.01. The molecule has 1 nitrogen and oxygen atoms in total. The molecule has 0 aliphatic rings. The van der Waals surface area contributed by atoms with Crippen LogP contribution in [0.1, 0.15) is 16.7 Å². The highest BCUT2D eigenvalue weighted by atomic mass is 35.5. The minimum Gasteiger partial charge on any atom is -0.355 e. The number of hydrogen-bond donors (Lipinski definition) is 1. The Labute approximate surface area is 107 Å². The first-order chi connectivity index (χ1) is 8.08. The average Bonchev–Trinajstić information content (AvgIpc) is 2.30. The first kappa shape index (κ1) is 12.0. The Bertz CT molecular complexity index is 547. The monoisotopic (exact) mass is 245 g/mol. The molecule has 0 spiro atoms. The van der Waals surface area contributed by atoms with Crippen molar-refractivity contribution in [2.75, 3.05) is 5.32 Å². The highest BCUT2D eigenvalue weighted by Crippen LogP contribution is 2.26. The van der Waals surface area contributed by atoms with Gasteiger partial charge in [0.15, 0.2) is 0 Å². The molecule has 0 radical (unpaired) electrons. The molecule has 0 bridgehead atoms. The zero-order valence-corrected chi connectivity index (χ0v) is 11.1. The van der Waals surface area contributed by atoms with Crippen molar-refractivity contribution in [3.8, 4) is 0 Å². The van der Waals surface area contributed by atoms with Crippen molar-refractivity contribution in [3.05, 3.63) is 58.1 Å². The summed E-state index contributed by atoms with van der Waals surface area (Å²) in [5, 5.41) is 4.19. The van der Waals surface area contributed by atoms with Gasteiger partial charge in [-0.1, -0.05) is 23.7 Å². The number of benzene rings is 2. The standard InChI is InChI=1S/C15H16ClN/c1-10-7-8-13(9-11(10)2)17-15-6-4-5-14(16)12(15)3/h4-9,17H,1-3H3. The van der Waals surface area contributed by atoms with Crippen molar-refractivity contribution in [2.24, 2.45) is 0 Å². The SMILES string of the molecule is Cc1ccc(Nc2cccc(Cl)c2C)cc1C. The summed E-state index contributed by atoms with van der Waals surface area (Å²) in [5.41, 5.74) is 5.82. The minimum atomic E-state index is 0.791. The van der Waals surface area contributed by atoms with Crippen LogP contribution in [0.25, 0.3) is 0 Å². The smallest absolute Gasteiger partial charge is 0.0455 e. The first-order valence-electron chi connectivity index (χ1n) is 5.67. The van der Waals surface area contributed by atoms with Gasteiger partial charge >= 0.3 is 0 Å². The van der Waals surface area contributed by atoms with Crippen LogP contribution in [0.2, 0.25) is 5.02 Å². The van der Waals surface area contributed by atoms with Crippen molar-refractivity contribution in [2.45, 2.75) is 20.8 Å². The third-order valence-electron chi connectivity index (χ3n) is 3.05. The van der Waals surface area contributed by atoms with E-state index < -0.39 is 0 Å². The zero-order chi connectivity index (χ0) is 12.4. The van der Waals surface area contributed by atoms with Gasteiger partial charge in [-0.25, -0.2) is 0 Å². The fraction of sp³-hybridized carbons (Fsp3) is 0.200. The van der Waals surface area contributed by atoms with Crippen molar-refractivity contribution in [3.63, 3.8) is 0 Å². The van der Waals surface area contributed by atoms with Crippen LogP contribution >= 0.6 is 11.6 Å². The molecule has 2 heteroatoms. The largest absolute Gasteiger partial charge is 0.355 e. The van der Waals surface area contributed by atoms with Crippen LogP contribution in [-0.2, 0) is 0 Å². The van der Waals surface area contributed by atoms with Gasteiger partial charge in [-0.3, -0.25) is 0 Å². The van der Waals surface area contributed by atoms with Crippen molar-refractivity contribution in [1.29, 1.82) is 0 Å². The van der Waals surface area contributed by atoms with Crippen LogP contribution in [0.5, 0.6) is 0 Å². The second kappa shape index (κ2) is 4.80. The molecule has 0 heterocycles. The highest BCUT2D eigenvalue weighted by molar-refractivity contribution is 6.31. The molecule has 0 saturated carbocycles. The first-order valence-corrected chi connectivity index (χ1v) is 6.05. The summed E-state index contributed by atoms with van der Waals surface area (Å²) >= 11 is 6.10. The minimum absolute atomic E-state index is 0.791. The molecule has 2 aromatic rings. The van der Waals surface area contributed by atoms with E-state index in [1.807, 2.05) is 25.1 Å². The molecule has 0 unspecified atom stereocenters. The summed E-state index contributed by atoms with van der Waals surface area (Å²) in [6, 6.07) is 12.3. The summed E-state index contributed by atoms with van der Waals surface area (Å²) in [5.74, 6) is 0. The van der Waals surface area contributed by atoms with E-state index >= 15 is 0 Å². The maximum Gasteiger partial charge on any atom is 0.0455 e. The lowest BCUT2D eigenvalue weighted by molar-refractivity contribution is 1.33. The molecule has 2 aromatic carbocycles. The van der Waals surface area contributed by atoms with Crippen LogP contribution in [0.4, 0.5) is 11.4 Å². The van der Waals surface area contributed by atoms with Gasteiger partial charge in [0.1, 0.15) is 0 Å². The number of hydrogen-bond acceptors (Lipinski definition) is 1. The van der Waals surface area contributed by atoms with Crippen LogP contribution < -0.4 is 5.32 Å². The molecule has 0 aliphatic carbocycles. The third-order valence-corrected chi connectivity index (χ3v) is 3.46. The maximum atomic E-state index is 6.10. The van der Waals surface area contributed by atoms with E-state index in [1.54, 1.807) is 0 Å². The van der Waals surface area contributed by atoms with Gasteiger partial charge in [-0.15, -0.1) is 0 Å². The van der Waals surface area contributed by atoms with Crippen LogP contribution in [0.3, 0.4) is 0 Å². The molecule has 2 rings (SSSR count). The van der Waals surface area contributed by atoms with Crippen molar-refractivity contribution >= 4 is 23.0 Å². The Kier molecular flexibility index (Phi) is 3.39. The number of anilines is 2. The maximum absolute atomic E-state index is 6.10. The van der Waals surface area contributed by atoms with Crippen LogP contribution in [-0.4, -0.2) is 0 Å². The van der Waals surface area contributed by atoms with Crippen LogP contribution in [0, 0.1) is 20.8 Å². The van der Waals surface area contributed by atoms with Gasteiger partial charge < -0.3 is 5.32 Å². The third kappa shape index (κ3) is 2.62. The van der Waals surface area contributed by atoms with Gasteiger partial charge in [-0.05, 0) is 61.7 Å². The molecule has 17 heavy (non-hydrogen) atoms. The normalized spacial score (nSPS) is 10.4. The van der Waals surface area contributed by atoms with E-state index in [1.165, 1.54) is 11.1 Å². The second-order valence-corrected chi connectivity index (χ2v) is 4.74. The topological polar surface area (TPSA) is 12.0 Å². The summed E-state index contributed by atoms with van der Waals surface area (Å²) in [6.07, 6.45) is 0. The fourth-order valence-corrected chi connectivity index (χ4v) is 1.89. The Morgan fingerprint density at radius 1 is 0.941 bits per heavy atom.